The molecule has 0 aromatic carbocycles. The molecule has 6 nitrogen and oxygen atoms in total. The summed E-state index contributed by atoms with van der Waals surface area (Å²) in [6, 6.07) is 7.29. The van der Waals surface area contributed by atoms with Crippen LogP contribution in [0, 0.1) is 11.8 Å². The van der Waals surface area contributed by atoms with Crippen LogP contribution in [0.2, 0.25) is 0 Å². The van der Waals surface area contributed by atoms with Gasteiger partial charge >= 0.3 is 0 Å². The third kappa shape index (κ3) is 4.70. The first-order valence-electron chi connectivity index (χ1n) is 9.42. The molecule has 1 aliphatic heterocycles. The lowest BCUT2D eigenvalue weighted by Crippen LogP contribution is -2.49. The number of carbonyl (C=O) groups is 2. The normalized spacial score (nSPS) is 20.0. The summed E-state index contributed by atoms with van der Waals surface area (Å²) in [5, 5.41) is 3.03. The Kier molecular flexibility index (Phi) is 6.16. The summed E-state index contributed by atoms with van der Waals surface area (Å²) in [6.45, 7) is 5.25. The maximum Gasteiger partial charge on any atom is 0.225 e. The molecule has 3 rings (SSSR count). The van der Waals surface area contributed by atoms with Crippen molar-refractivity contribution in [3.05, 3.63) is 60.2 Å². The van der Waals surface area contributed by atoms with Crippen molar-refractivity contribution in [1.29, 1.82) is 0 Å². The van der Waals surface area contributed by atoms with Gasteiger partial charge in [0.1, 0.15) is 0 Å². The average molecular weight is 366 g/mol. The molecule has 2 amide bonds. The summed E-state index contributed by atoms with van der Waals surface area (Å²) >= 11 is 0. The Labute approximate surface area is 160 Å². The van der Waals surface area contributed by atoms with Crippen molar-refractivity contribution in [3.8, 4) is 0 Å². The van der Waals surface area contributed by atoms with Gasteiger partial charge in [-0.1, -0.05) is 19.9 Å². The van der Waals surface area contributed by atoms with Crippen LogP contribution in [0.5, 0.6) is 0 Å². The van der Waals surface area contributed by atoms with Crippen LogP contribution in [0.25, 0.3) is 0 Å². The second-order valence-corrected chi connectivity index (χ2v) is 7.39. The number of likely N-dealkylation sites (tertiary alicyclic amines) is 1. The largest absolute Gasteiger partial charge is 0.352 e. The fourth-order valence-corrected chi connectivity index (χ4v) is 3.62. The van der Waals surface area contributed by atoms with Gasteiger partial charge in [-0.15, -0.1) is 0 Å². The van der Waals surface area contributed by atoms with Gasteiger partial charge in [0.05, 0.1) is 12.0 Å². The Morgan fingerprint density at radius 2 is 2.00 bits per heavy atom. The summed E-state index contributed by atoms with van der Waals surface area (Å²) in [6.07, 6.45) is 7.85. The van der Waals surface area contributed by atoms with Gasteiger partial charge in [0, 0.05) is 44.3 Å². The van der Waals surface area contributed by atoms with Gasteiger partial charge in [-0.3, -0.25) is 19.6 Å². The number of hydrogen-bond acceptors (Lipinski definition) is 4. The Bertz CT molecular complexity index is 764. The summed E-state index contributed by atoms with van der Waals surface area (Å²) in [5.41, 5.74) is 1.91. The summed E-state index contributed by atoms with van der Waals surface area (Å²) in [4.78, 5) is 35.7. The van der Waals surface area contributed by atoms with Gasteiger partial charge in [-0.05, 0) is 41.7 Å². The summed E-state index contributed by atoms with van der Waals surface area (Å²) in [7, 11) is 0. The SMILES string of the molecule is CC(C)CN1C(=O)CC[C@@H](C(=O)NCc2ccncc2)[C@@H]1c1cccnc1. The molecule has 1 aliphatic rings. The molecule has 1 saturated heterocycles. The Hall–Kier alpha value is -2.76. The molecule has 6 heteroatoms. The highest BCUT2D eigenvalue weighted by atomic mass is 16.2. The standard InChI is InChI=1S/C21H26N4O2/c1-15(2)14-25-19(26)6-5-18(20(25)17-4-3-9-23-13-17)21(27)24-12-16-7-10-22-11-8-16/h3-4,7-11,13,15,18,20H,5-6,12,14H2,1-2H3,(H,24,27)/t18-,20+/m1/s1. The van der Waals surface area contributed by atoms with Gasteiger partial charge < -0.3 is 10.2 Å². The van der Waals surface area contributed by atoms with Gasteiger partial charge in [-0.25, -0.2) is 0 Å². The third-order valence-corrected chi connectivity index (χ3v) is 4.85. The van der Waals surface area contributed by atoms with Crippen molar-refractivity contribution < 1.29 is 9.59 Å². The average Bonchev–Trinajstić information content (AvgIpc) is 2.68. The monoisotopic (exact) mass is 366 g/mol. The van der Waals surface area contributed by atoms with Crippen LogP contribution in [0.4, 0.5) is 0 Å². The van der Waals surface area contributed by atoms with Gasteiger partial charge in [0.25, 0.3) is 0 Å². The first-order valence-corrected chi connectivity index (χ1v) is 9.42. The van der Waals surface area contributed by atoms with Crippen molar-refractivity contribution in [1.82, 2.24) is 20.2 Å². The highest BCUT2D eigenvalue weighted by molar-refractivity contribution is 5.85. The van der Waals surface area contributed by atoms with E-state index >= 15 is 0 Å². The predicted molar refractivity (Wildman–Crippen MR) is 102 cm³/mol. The molecule has 2 atom stereocenters. The van der Waals surface area contributed by atoms with E-state index in [1.54, 1.807) is 24.8 Å². The minimum Gasteiger partial charge on any atom is -0.352 e. The Balaban J connectivity index is 1.82. The quantitative estimate of drug-likeness (QED) is 0.853. The van der Waals surface area contributed by atoms with E-state index in [1.165, 1.54) is 0 Å². The van der Waals surface area contributed by atoms with Gasteiger partial charge in [-0.2, -0.15) is 0 Å². The fraction of sp³-hybridized carbons (Fsp3) is 0.429. The third-order valence-electron chi connectivity index (χ3n) is 4.85. The molecule has 1 N–H and O–H groups in total. The molecule has 0 aliphatic carbocycles. The Morgan fingerprint density at radius 3 is 2.67 bits per heavy atom. The second kappa shape index (κ2) is 8.75. The highest BCUT2D eigenvalue weighted by Gasteiger charge is 2.40. The van der Waals surface area contributed by atoms with E-state index in [9.17, 15) is 9.59 Å². The van der Waals surface area contributed by atoms with E-state index in [2.05, 4.69) is 29.1 Å². The molecule has 1 fully saturated rings. The number of carbonyl (C=O) groups excluding carboxylic acids is 2. The zero-order valence-corrected chi connectivity index (χ0v) is 15.8. The van der Waals surface area contributed by atoms with E-state index in [1.807, 2.05) is 29.2 Å². The van der Waals surface area contributed by atoms with Crippen LogP contribution in [-0.2, 0) is 16.1 Å². The van der Waals surface area contributed by atoms with E-state index < -0.39 is 0 Å². The number of pyridine rings is 2. The Morgan fingerprint density at radius 1 is 1.22 bits per heavy atom. The smallest absolute Gasteiger partial charge is 0.225 e. The van der Waals surface area contributed by atoms with Crippen LogP contribution in [-0.4, -0.2) is 33.2 Å². The van der Waals surface area contributed by atoms with Crippen LogP contribution in [0.3, 0.4) is 0 Å². The predicted octanol–water partition coefficient (Wildman–Crippen LogP) is 2.73. The van der Waals surface area contributed by atoms with E-state index in [-0.39, 0.29) is 23.8 Å². The molecule has 0 saturated carbocycles. The van der Waals surface area contributed by atoms with Crippen LogP contribution in [0.15, 0.2) is 49.1 Å². The van der Waals surface area contributed by atoms with E-state index in [0.717, 1.165) is 11.1 Å². The first-order chi connectivity index (χ1) is 13.1. The molecule has 0 radical (unpaired) electrons. The number of hydrogen-bond donors (Lipinski definition) is 1. The number of nitrogens with one attached hydrogen (secondary N) is 1. The summed E-state index contributed by atoms with van der Waals surface area (Å²) < 4.78 is 0. The van der Waals surface area contributed by atoms with Gasteiger partial charge in [0.2, 0.25) is 11.8 Å². The molecule has 142 valence electrons. The minimum atomic E-state index is -0.285. The molecule has 3 heterocycles. The maximum absolute atomic E-state index is 13.0. The lowest BCUT2D eigenvalue weighted by molar-refractivity contribution is -0.144. The zero-order chi connectivity index (χ0) is 19.2. The molecule has 0 bridgehead atoms. The first kappa shape index (κ1) is 19.0. The number of nitrogens with zero attached hydrogens (tertiary/aromatic N) is 3. The number of amides is 2. The number of aromatic nitrogens is 2. The summed E-state index contributed by atoms with van der Waals surface area (Å²) in [5.74, 6) is 0.122. The van der Waals surface area contributed by atoms with Crippen molar-refractivity contribution in [2.45, 2.75) is 39.3 Å². The lowest BCUT2D eigenvalue weighted by atomic mass is 9.83. The van der Waals surface area contributed by atoms with E-state index in [0.29, 0.717) is 31.8 Å². The maximum atomic E-state index is 13.0. The van der Waals surface area contributed by atoms with Crippen molar-refractivity contribution in [3.63, 3.8) is 0 Å². The number of piperidine rings is 1. The highest BCUT2D eigenvalue weighted by Crippen LogP contribution is 2.37. The van der Waals surface area contributed by atoms with Crippen LogP contribution >= 0.6 is 0 Å². The molecule has 0 spiro atoms. The molecular weight excluding hydrogens is 340 g/mol. The lowest BCUT2D eigenvalue weighted by Gasteiger charge is -2.41. The molecular formula is C21H26N4O2. The molecule has 2 aromatic heterocycles. The van der Waals surface area contributed by atoms with Crippen LogP contribution in [0.1, 0.15) is 43.9 Å². The fourth-order valence-electron chi connectivity index (χ4n) is 3.62. The molecule has 2 aromatic rings. The molecule has 0 unspecified atom stereocenters. The minimum absolute atomic E-state index is 0.0260. The van der Waals surface area contributed by atoms with Crippen LogP contribution < -0.4 is 5.32 Å². The van der Waals surface area contributed by atoms with Crippen molar-refractivity contribution in [2.75, 3.05) is 6.54 Å². The zero-order valence-electron chi connectivity index (χ0n) is 15.8. The molecule has 27 heavy (non-hydrogen) atoms. The topological polar surface area (TPSA) is 75.2 Å². The van der Waals surface area contributed by atoms with E-state index in [4.69, 9.17) is 0 Å². The number of rotatable bonds is 6. The van der Waals surface area contributed by atoms with Crippen molar-refractivity contribution >= 4 is 11.8 Å². The van der Waals surface area contributed by atoms with Crippen molar-refractivity contribution in [2.24, 2.45) is 11.8 Å². The second-order valence-electron chi connectivity index (χ2n) is 7.39. The van der Waals surface area contributed by atoms with Gasteiger partial charge in [0.15, 0.2) is 0 Å².